The van der Waals surface area contributed by atoms with Gasteiger partial charge in [0.25, 0.3) is 0 Å². The lowest BCUT2D eigenvalue weighted by Gasteiger charge is -2.10. The van der Waals surface area contributed by atoms with E-state index in [-0.39, 0.29) is 5.82 Å². The van der Waals surface area contributed by atoms with Crippen LogP contribution in [0.4, 0.5) is 4.39 Å². The van der Waals surface area contributed by atoms with Gasteiger partial charge in [-0.05, 0) is 25.2 Å². The number of para-hydroxylation sites is 1. The van der Waals surface area contributed by atoms with Gasteiger partial charge in [0.1, 0.15) is 17.2 Å². The highest BCUT2D eigenvalue weighted by Gasteiger charge is 2.11. The molecule has 21 heavy (non-hydrogen) atoms. The molecular weight excluding hydrogens is 285 g/mol. The van der Waals surface area contributed by atoms with E-state index in [9.17, 15) is 4.39 Å². The van der Waals surface area contributed by atoms with Gasteiger partial charge >= 0.3 is 0 Å². The molecule has 0 aliphatic carbocycles. The van der Waals surface area contributed by atoms with Crippen LogP contribution >= 0.6 is 11.8 Å². The molecule has 1 aromatic heterocycles. The van der Waals surface area contributed by atoms with Crippen molar-refractivity contribution in [1.82, 2.24) is 15.3 Å². The molecule has 0 radical (unpaired) electrons. The van der Waals surface area contributed by atoms with Crippen molar-refractivity contribution >= 4 is 22.7 Å². The van der Waals surface area contributed by atoms with Crippen molar-refractivity contribution in [2.24, 2.45) is 0 Å². The van der Waals surface area contributed by atoms with Crippen LogP contribution in [-0.4, -0.2) is 17.0 Å². The number of hydrogen-bond acceptors (Lipinski definition) is 4. The summed E-state index contributed by atoms with van der Waals surface area (Å²) in [5.74, 6) is -0.201. The lowest BCUT2D eigenvalue weighted by atomic mass is 10.2. The quantitative estimate of drug-likeness (QED) is 0.746. The van der Waals surface area contributed by atoms with E-state index < -0.39 is 0 Å². The fourth-order valence-electron chi connectivity index (χ4n) is 2.15. The molecule has 0 atom stereocenters. The summed E-state index contributed by atoms with van der Waals surface area (Å²) in [7, 11) is 1.81. The molecule has 0 bridgehead atoms. The van der Waals surface area contributed by atoms with Crippen molar-refractivity contribution < 1.29 is 4.39 Å². The van der Waals surface area contributed by atoms with Gasteiger partial charge < -0.3 is 5.32 Å². The monoisotopic (exact) mass is 299 g/mol. The molecular formula is C16H14FN3S. The first kappa shape index (κ1) is 14.0. The van der Waals surface area contributed by atoms with Crippen LogP contribution in [0.3, 0.4) is 0 Å². The first-order chi connectivity index (χ1) is 10.3. The van der Waals surface area contributed by atoms with Crippen molar-refractivity contribution in [1.29, 1.82) is 0 Å². The average Bonchev–Trinajstić information content (AvgIpc) is 2.51. The largest absolute Gasteiger partial charge is 0.316 e. The van der Waals surface area contributed by atoms with E-state index in [2.05, 4.69) is 15.3 Å². The summed E-state index contributed by atoms with van der Waals surface area (Å²) >= 11 is 1.47. The van der Waals surface area contributed by atoms with Crippen molar-refractivity contribution in [3.05, 3.63) is 60.2 Å². The maximum absolute atomic E-state index is 14.0. The van der Waals surface area contributed by atoms with Gasteiger partial charge in [-0.2, -0.15) is 0 Å². The summed E-state index contributed by atoms with van der Waals surface area (Å²) < 4.78 is 14.0. The van der Waals surface area contributed by atoms with Crippen LogP contribution in [0.15, 0.2) is 58.7 Å². The van der Waals surface area contributed by atoms with Gasteiger partial charge in [0.2, 0.25) is 0 Å². The Labute approximate surface area is 126 Å². The number of hydrogen-bond donors (Lipinski definition) is 1. The Kier molecular flexibility index (Phi) is 4.13. The van der Waals surface area contributed by atoms with Crippen LogP contribution in [0.25, 0.3) is 10.9 Å². The molecule has 0 aliphatic rings. The minimum Gasteiger partial charge on any atom is -0.316 e. The third kappa shape index (κ3) is 2.89. The first-order valence-electron chi connectivity index (χ1n) is 6.59. The number of rotatable bonds is 4. The van der Waals surface area contributed by atoms with E-state index >= 15 is 0 Å². The molecule has 3 rings (SSSR count). The molecule has 1 heterocycles. The molecule has 5 heteroatoms. The topological polar surface area (TPSA) is 37.8 Å². The predicted octanol–water partition coefficient (Wildman–Crippen LogP) is 3.64. The van der Waals surface area contributed by atoms with Crippen LogP contribution in [0.1, 0.15) is 5.56 Å². The van der Waals surface area contributed by atoms with Crippen molar-refractivity contribution in [2.75, 3.05) is 7.05 Å². The number of nitrogens with one attached hydrogen (secondary N) is 1. The standard InChI is InChI=1S/C16H14FN3S/c1-18-9-12-13(17)6-4-8-15(12)21-16-11-5-2-3-7-14(11)19-10-20-16/h2-8,10,18H,9H2,1H3. The molecule has 0 fully saturated rings. The lowest BCUT2D eigenvalue weighted by Crippen LogP contribution is -2.08. The van der Waals surface area contributed by atoms with Gasteiger partial charge in [-0.1, -0.05) is 36.0 Å². The van der Waals surface area contributed by atoms with Crippen LogP contribution in [0.5, 0.6) is 0 Å². The maximum Gasteiger partial charge on any atom is 0.128 e. The van der Waals surface area contributed by atoms with Crippen LogP contribution in [0, 0.1) is 5.82 Å². The number of fused-ring (bicyclic) bond motifs is 1. The molecule has 1 N–H and O–H groups in total. The first-order valence-corrected chi connectivity index (χ1v) is 7.41. The molecule has 0 saturated carbocycles. The minimum atomic E-state index is -0.201. The Morgan fingerprint density at radius 2 is 1.95 bits per heavy atom. The lowest BCUT2D eigenvalue weighted by molar-refractivity contribution is 0.594. The molecule has 0 spiro atoms. The molecule has 3 nitrogen and oxygen atoms in total. The fraction of sp³-hybridized carbons (Fsp3) is 0.125. The van der Waals surface area contributed by atoms with Crippen LogP contribution < -0.4 is 5.32 Å². The second-order valence-corrected chi connectivity index (χ2v) is 5.58. The maximum atomic E-state index is 14.0. The summed E-state index contributed by atoms with van der Waals surface area (Å²) in [6.07, 6.45) is 1.54. The molecule has 0 unspecified atom stereocenters. The summed E-state index contributed by atoms with van der Waals surface area (Å²) in [6.45, 7) is 0.484. The smallest absolute Gasteiger partial charge is 0.128 e. The zero-order chi connectivity index (χ0) is 14.7. The van der Waals surface area contributed by atoms with E-state index in [4.69, 9.17) is 0 Å². The number of benzene rings is 2. The third-order valence-electron chi connectivity index (χ3n) is 3.14. The zero-order valence-electron chi connectivity index (χ0n) is 11.5. The minimum absolute atomic E-state index is 0.201. The Balaban J connectivity index is 2.05. The molecule has 0 saturated heterocycles. The van der Waals surface area contributed by atoms with Gasteiger partial charge in [-0.15, -0.1) is 0 Å². The number of nitrogens with zero attached hydrogens (tertiary/aromatic N) is 2. The third-order valence-corrected chi connectivity index (χ3v) is 4.26. The zero-order valence-corrected chi connectivity index (χ0v) is 12.3. The van der Waals surface area contributed by atoms with E-state index in [1.807, 2.05) is 30.3 Å². The Bertz CT molecular complexity index is 771. The summed E-state index contributed by atoms with van der Waals surface area (Å²) in [4.78, 5) is 9.46. The SMILES string of the molecule is CNCc1c(F)cccc1Sc1ncnc2ccccc12. The predicted molar refractivity (Wildman–Crippen MR) is 82.8 cm³/mol. The summed E-state index contributed by atoms with van der Waals surface area (Å²) in [6, 6.07) is 12.9. The molecule has 2 aromatic carbocycles. The molecule has 3 aromatic rings. The number of aromatic nitrogens is 2. The van der Waals surface area contributed by atoms with Gasteiger partial charge in [-0.3, -0.25) is 0 Å². The Morgan fingerprint density at radius 3 is 2.81 bits per heavy atom. The van der Waals surface area contributed by atoms with Crippen LogP contribution in [0.2, 0.25) is 0 Å². The van der Waals surface area contributed by atoms with Crippen molar-refractivity contribution in [3.63, 3.8) is 0 Å². The molecule has 0 amide bonds. The van der Waals surface area contributed by atoms with Gasteiger partial charge in [0.05, 0.1) is 5.52 Å². The normalized spacial score (nSPS) is 11.0. The Hall–Kier alpha value is -1.98. The van der Waals surface area contributed by atoms with E-state index in [1.165, 1.54) is 17.8 Å². The fourth-order valence-corrected chi connectivity index (χ4v) is 3.18. The van der Waals surface area contributed by atoms with E-state index in [1.54, 1.807) is 19.4 Å². The van der Waals surface area contributed by atoms with Crippen LogP contribution in [-0.2, 0) is 6.54 Å². The molecule has 106 valence electrons. The summed E-state index contributed by atoms with van der Waals surface area (Å²) in [5.41, 5.74) is 1.55. The number of halogens is 1. The highest BCUT2D eigenvalue weighted by Crippen LogP contribution is 2.33. The molecule has 0 aliphatic heterocycles. The van der Waals surface area contributed by atoms with E-state index in [0.717, 1.165) is 20.8 Å². The highest BCUT2D eigenvalue weighted by molar-refractivity contribution is 7.99. The van der Waals surface area contributed by atoms with E-state index in [0.29, 0.717) is 12.1 Å². The van der Waals surface area contributed by atoms with Gasteiger partial charge in [-0.25, -0.2) is 14.4 Å². The Morgan fingerprint density at radius 1 is 1.10 bits per heavy atom. The summed E-state index contributed by atoms with van der Waals surface area (Å²) in [5, 5.41) is 4.82. The second-order valence-electron chi connectivity index (χ2n) is 4.54. The average molecular weight is 299 g/mol. The highest BCUT2D eigenvalue weighted by atomic mass is 32.2. The van der Waals surface area contributed by atoms with Crippen molar-refractivity contribution in [2.45, 2.75) is 16.5 Å². The van der Waals surface area contributed by atoms with Gasteiger partial charge in [0.15, 0.2) is 0 Å². The van der Waals surface area contributed by atoms with Gasteiger partial charge in [0, 0.05) is 22.4 Å². The van der Waals surface area contributed by atoms with Crippen molar-refractivity contribution in [3.8, 4) is 0 Å². The second kappa shape index (κ2) is 6.20.